The van der Waals surface area contributed by atoms with Crippen LogP contribution in [0, 0.1) is 0 Å². The number of nitrogens with one attached hydrogen (secondary N) is 1. The number of rotatable bonds is 44. The largest absolute Gasteiger partial charge is 0.462 e. The predicted octanol–water partition coefficient (Wildman–Crippen LogP) is 15.5. The third-order valence-electron chi connectivity index (χ3n) is 10.8. The van der Waals surface area contributed by atoms with Crippen LogP contribution in [-0.4, -0.2) is 46.9 Å². The number of aliphatic hydroxyl groups is 2. The summed E-state index contributed by atoms with van der Waals surface area (Å²) in [6.45, 7) is 6.28. The Balaban J connectivity index is 4.82. The Hall–Kier alpha value is -3.48. The van der Waals surface area contributed by atoms with Crippen molar-refractivity contribution < 1.29 is 24.5 Å². The Labute approximate surface area is 388 Å². The highest BCUT2D eigenvalue weighted by atomic mass is 16.5. The number of carbonyl (C=O) groups is 2. The number of carbonyl (C=O) groups excluding carboxylic acids is 2. The van der Waals surface area contributed by atoms with E-state index in [2.05, 4.69) is 135 Å². The highest BCUT2D eigenvalue weighted by molar-refractivity contribution is 5.77. The lowest BCUT2D eigenvalue weighted by molar-refractivity contribution is -0.151. The molecule has 0 radical (unpaired) electrons. The Morgan fingerprint density at radius 2 is 0.873 bits per heavy atom. The van der Waals surface area contributed by atoms with Gasteiger partial charge in [-0.1, -0.05) is 207 Å². The lowest BCUT2D eigenvalue weighted by Crippen LogP contribution is -2.46. The van der Waals surface area contributed by atoms with E-state index < -0.39 is 18.2 Å². The van der Waals surface area contributed by atoms with Gasteiger partial charge in [0, 0.05) is 6.42 Å². The zero-order chi connectivity index (χ0) is 45.9. The maximum atomic E-state index is 13.2. The van der Waals surface area contributed by atoms with Gasteiger partial charge in [0.25, 0.3) is 0 Å². The summed E-state index contributed by atoms with van der Waals surface area (Å²) in [5.41, 5.74) is 0. The molecule has 63 heavy (non-hydrogen) atoms. The standard InChI is InChI=1S/C57H95NO5/c1-4-7-10-13-16-19-22-24-26-28-30-32-34-36-39-42-45-48-53(51-56(61)58-54(52-59)55(60)49-46-43-40-37-21-18-15-12-9-6-3)63-57(62)50-47-44-41-38-35-33-31-29-27-25-23-20-17-14-11-8-5-2/h7,10,16-17,19-20,24-27,30-33,36,38-39,41,53-55,59-60H,4-6,8-9,11-15,18,21-23,28-29,34-35,37,40,42-52H2,1-3H3,(H,58,61)/b10-7-,19-16-,20-17-,26-24-,27-25-,32-30-,33-31-,39-36-,41-38-. The minimum Gasteiger partial charge on any atom is -0.462 e. The fourth-order valence-corrected chi connectivity index (χ4v) is 6.98. The molecular formula is C57H95NO5. The van der Waals surface area contributed by atoms with Gasteiger partial charge in [-0.05, 0) is 103 Å². The minimum absolute atomic E-state index is 0.00998. The van der Waals surface area contributed by atoms with Crippen molar-refractivity contribution in [3.05, 3.63) is 109 Å². The van der Waals surface area contributed by atoms with Crippen LogP contribution in [-0.2, 0) is 14.3 Å². The van der Waals surface area contributed by atoms with Crippen LogP contribution in [0.4, 0.5) is 0 Å². The molecule has 0 rings (SSSR count). The van der Waals surface area contributed by atoms with Gasteiger partial charge in [-0.3, -0.25) is 9.59 Å². The molecule has 0 aromatic carbocycles. The first-order valence-electron chi connectivity index (χ1n) is 25.6. The Bertz CT molecular complexity index is 1300. The molecule has 0 fully saturated rings. The van der Waals surface area contributed by atoms with Gasteiger partial charge in [-0.2, -0.15) is 0 Å². The van der Waals surface area contributed by atoms with E-state index in [-0.39, 0.29) is 24.9 Å². The summed E-state index contributed by atoms with van der Waals surface area (Å²) in [5.74, 6) is -0.608. The van der Waals surface area contributed by atoms with Crippen LogP contribution in [0.15, 0.2) is 109 Å². The first-order valence-corrected chi connectivity index (χ1v) is 25.6. The molecule has 0 aliphatic heterocycles. The van der Waals surface area contributed by atoms with E-state index in [4.69, 9.17) is 4.74 Å². The molecule has 0 aromatic rings. The van der Waals surface area contributed by atoms with Crippen LogP contribution >= 0.6 is 0 Å². The molecule has 0 aromatic heterocycles. The summed E-state index contributed by atoms with van der Waals surface area (Å²) in [4.78, 5) is 26.1. The van der Waals surface area contributed by atoms with Gasteiger partial charge in [0.15, 0.2) is 0 Å². The zero-order valence-corrected chi connectivity index (χ0v) is 40.7. The highest BCUT2D eigenvalue weighted by Gasteiger charge is 2.24. The van der Waals surface area contributed by atoms with Crippen molar-refractivity contribution in [2.24, 2.45) is 0 Å². The van der Waals surface area contributed by atoms with Gasteiger partial charge >= 0.3 is 5.97 Å². The molecule has 0 saturated carbocycles. The Morgan fingerprint density at radius 1 is 0.476 bits per heavy atom. The van der Waals surface area contributed by atoms with Crippen LogP contribution in [0.1, 0.15) is 213 Å². The van der Waals surface area contributed by atoms with Crippen LogP contribution in [0.5, 0.6) is 0 Å². The smallest absolute Gasteiger partial charge is 0.306 e. The third-order valence-corrected chi connectivity index (χ3v) is 10.8. The summed E-state index contributed by atoms with van der Waals surface area (Å²) in [5, 5.41) is 23.7. The molecule has 0 bridgehead atoms. The Morgan fingerprint density at radius 3 is 1.33 bits per heavy atom. The van der Waals surface area contributed by atoms with Crippen LogP contribution in [0.3, 0.4) is 0 Å². The zero-order valence-electron chi connectivity index (χ0n) is 40.7. The van der Waals surface area contributed by atoms with Gasteiger partial charge in [0.05, 0.1) is 25.2 Å². The highest BCUT2D eigenvalue weighted by Crippen LogP contribution is 2.16. The van der Waals surface area contributed by atoms with E-state index in [0.29, 0.717) is 25.7 Å². The van der Waals surface area contributed by atoms with Gasteiger partial charge in [0.1, 0.15) is 6.10 Å². The van der Waals surface area contributed by atoms with Crippen molar-refractivity contribution in [2.75, 3.05) is 6.61 Å². The molecule has 0 aliphatic carbocycles. The fraction of sp³-hybridized carbons (Fsp3) is 0.649. The van der Waals surface area contributed by atoms with Gasteiger partial charge in [-0.25, -0.2) is 0 Å². The first-order chi connectivity index (χ1) is 31.0. The molecule has 3 N–H and O–H groups in total. The van der Waals surface area contributed by atoms with Crippen molar-refractivity contribution in [3.63, 3.8) is 0 Å². The third kappa shape index (κ3) is 44.9. The van der Waals surface area contributed by atoms with Crippen LogP contribution in [0.2, 0.25) is 0 Å². The maximum Gasteiger partial charge on any atom is 0.306 e. The second kappa shape index (κ2) is 49.5. The summed E-state index contributed by atoms with van der Waals surface area (Å²) in [6.07, 6.45) is 67.2. The molecule has 0 heterocycles. The summed E-state index contributed by atoms with van der Waals surface area (Å²) in [7, 11) is 0. The minimum atomic E-state index is -0.818. The first kappa shape index (κ1) is 59.5. The SMILES string of the molecule is CC/C=C\C/C=C\C/C=C\C/C=C\C/C=C\CCCC(CC(=O)NC(CO)C(O)CCCCCCCCCCCC)OC(=O)CCC/C=C\C/C=C\C/C=C\C/C=C\CCCCC. The molecule has 6 nitrogen and oxygen atoms in total. The lowest BCUT2D eigenvalue weighted by Gasteiger charge is -2.24. The molecule has 1 amide bonds. The van der Waals surface area contributed by atoms with Crippen molar-refractivity contribution in [3.8, 4) is 0 Å². The average Bonchev–Trinajstić information content (AvgIpc) is 3.28. The van der Waals surface area contributed by atoms with Crippen molar-refractivity contribution in [1.82, 2.24) is 5.32 Å². The number of unbranched alkanes of at least 4 members (excludes halogenated alkanes) is 14. The molecule has 3 atom stereocenters. The monoisotopic (exact) mass is 874 g/mol. The molecular weight excluding hydrogens is 779 g/mol. The summed E-state index contributed by atoms with van der Waals surface area (Å²) < 4.78 is 5.87. The van der Waals surface area contributed by atoms with E-state index in [1.807, 2.05) is 0 Å². The number of hydrogen-bond donors (Lipinski definition) is 3. The quantitative estimate of drug-likeness (QED) is 0.0322. The number of amides is 1. The molecule has 0 saturated heterocycles. The second-order valence-corrected chi connectivity index (χ2v) is 16.8. The van der Waals surface area contributed by atoms with Crippen molar-refractivity contribution in [2.45, 2.75) is 232 Å². The molecule has 358 valence electrons. The molecule has 3 unspecified atom stereocenters. The van der Waals surface area contributed by atoms with E-state index in [1.54, 1.807) is 0 Å². The van der Waals surface area contributed by atoms with E-state index >= 15 is 0 Å². The van der Waals surface area contributed by atoms with E-state index in [9.17, 15) is 19.8 Å². The van der Waals surface area contributed by atoms with Crippen LogP contribution in [0.25, 0.3) is 0 Å². The number of esters is 1. The maximum absolute atomic E-state index is 13.2. The number of ether oxygens (including phenoxy) is 1. The normalized spacial score (nSPS) is 14.2. The lowest BCUT2D eigenvalue weighted by atomic mass is 10.0. The topological polar surface area (TPSA) is 95.9 Å². The second-order valence-electron chi connectivity index (χ2n) is 16.8. The number of hydrogen-bond acceptors (Lipinski definition) is 5. The fourth-order valence-electron chi connectivity index (χ4n) is 6.98. The number of aliphatic hydroxyl groups excluding tert-OH is 2. The van der Waals surface area contributed by atoms with E-state index in [0.717, 1.165) is 89.9 Å². The predicted molar refractivity (Wildman–Crippen MR) is 273 cm³/mol. The van der Waals surface area contributed by atoms with E-state index in [1.165, 1.54) is 70.6 Å². The van der Waals surface area contributed by atoms with Crippen LogP contribution < -0.4 is 5.32 Å². The Kier molecular flexibility index (Phi) is 46.8. The van der Waals surface area contributed by atoms with Gasteiger partial charge < -0.3 is 20.3 Å². The molecule has 0 spiro atoms. The average molecular weight is 874 g/mol. The summed E-state index contributed by atoms with van der Waals surface area (Å²) in [6, 6.07) is -0.737. The molecule has 6 heteroatoms. The van der Waals surface area contributed by atoms with Gasteiger partial charge in [-0.15, -0.1) is 0 Å². The molecule has 0 aliphatic rings. The summed E-state index contributed by atoms with van der Waals surface area (Å²) >= 11 is 0. The van der Waals surface area contributed by atoms with Crippen molar-refractivity contribution >= 4 is 11.9 Å². The number of allylic oxidation sites excluding steroid dienone is 18. The van der Waals surface area contributed by atoms with Gasteiger partial charge in [0.2, 0.25) is 5.91 Å². The van der Waals surface area contributed by atoms with Crippen molar-refractivity contribution in [1.29, 1.82) is 0 Å².